The number of aromatic nitrogens is 1. The van der Waals surface area contributed by atoms with E-state index in [9.17, 15) is 9.90 Å². The van der Waals surface area contributed by atoms with Gasteiger partial charge in [0.25, 0.3) is 0 Å². The highest BCUT2D eigenvalue weighted by Gasteiger charge is 2.11. The fourth-order valence-electron chi connectivity index (χ4n) is 1.73. The maximum Gasteiger partial charge on any atom is 0.307 e. The van der Waals surface area contributed by atoms with Crippen LogP contribution in [0.25, 0.3) is 10.9 Å². The number of hydrogen-bond donors (Lipinski definition) is 3. The Balaban J connectivity index is 2.67. The summed E-state index contributed by atoms with van der Waals surface area (Å²) in [6, 6.07) is 5.09. The first-order valence-electron chi connectivity index (χ1n) is 4.60. The van der Waals surface area contributed by atoms with Gasteiger partial charge in [-0.2, -0.15) is 0 Å². The predicted molar refractivity (Wildman–Crippen MR) is 56.0 cm³/mol. The summed E-state index contributed by atoms with van der Waals surface area (Å²) in [5.74, 6) is -0.916. The maximum atomic E-state index is 10.7. The minimum absolute atomic E-state index is 0.0314. The number of hydrogen-bond acceptors (Lipinski definition) is 2. The van der Waals surface area contributed by atoms with Gasteiger partial charge in [0.15, 0.2) is 0 Å². The van der Waals surface area contributed by atoms with Crippen molar-refractivity contribution in [3.8, 4) is 5.75 Å². The molecule has 4 nitrogen and oxygen atoms in total. The summed E-state index contributed by atoms with van der Waals surface area (Å²) in [4.78, 5) is 13.7. The summed E-state index contributed by atoms with van der Waals surface area (Å²) in [5.41, 5.74) is 2.26. The van der Waals surface area contributed by atoms with E-state index in [1.807, 2.05) is 13.0 Å². The lowest BCUT2D eigenvalue weighted by Gasteiger charge is -2.02. The fourth-order valence-corrected chi connectivity index (χ4v) is 1.73. The lowest BCUT2D eigenvalue weighted by molar-refractivity contribution is -0.136. The van der Waals surface area contributed by atoms with Gasteiger partial charge < -0.3 is 15.2 Å². The van der Waals surface area contributed by atoms with Crippen LogP contribution in [-0.2, 0) is 11.2 Å². The van der Waals surface area contributed by atoms with E-state index in [4.69, 9.17) is 5.11 Å². The second kappa shape index (κ2) is 3.31. The van der Waals surface area contributed by atoms with Gasteiger partial charge in [0.1, 0.15) is 5.75 Å². The fraction of sp³-hybridized carbons (Fsp3) is 0.182. The van der Waals surface area contributed by atoms with Crippen LogP contribution < -0.4 is 0 Å². The molecule has 1 aromatic carbocycles. The molecule has 0 aliphatic heterocycles. The van der Waals surface area contributed by atoms with Gasteiger partial charge in [-0.05, 0) is 25.1 Å². The Bertz CT molecular complexity index is 528. The summed E-state index contributed by atoms with van der Waals surface area (Å²) in [5, 5.41) is 19.1. The molecule has 1 aromatic heterocycles. The lowest BCUT2D eigenvalue weighted by atomic mass is 10.1. The molecule has 4 heteroatoms. The van der Waals surface area contributed by atoms with Crippen molar-refractivity contribution in [2.75, 3.05) is 0 Å². The quantitative estimate of drug-likeness (QED) is 0.700. The SMILES string of the molecule is Cc1cc2c(CC(=O)O)c(O)ccc2[nH]1. The highest BCUT2D eigenvalue weighted by molar-refractivity contribution is 5.89. The molecule has 2 aromatic rings. The molecule has 0 unspecified atom stereocenters. The molecular formula is C11H11NO3. The van der Waals surface area contributed by atoms with Crippen LogP contribution in [0.1, 0.15) is 11.3 Å². The van der Waals surface area contributed by atoms with Crippen LogP contribution in [0.3, 0.4) is 0 Å². The summed E-state index contributed by atoms with van der Waals surface area (Å²) in [6.45, 7) is 1.89. The normalized spacial score (nSPS) is 10.7. The van der Waals surface area contributed by atoms with Gasteiger partial charge in [-0.1, -0.05) is 0 Å². The average Bonchev–Trinajstić information content (AvgIpc) is 2.51. The van der Waals surface area contributed by atoms with E-state index in [1.165, 1.54) is 6.07 Å². The van der Waals surface area contributed by atoms with Crippen LogP contribution in [-0.4, -0.2) is 21.2 Å². The molecule has 0 spiro atoms. The Morgan fingerprint density at radius 1 is 1.47 bits per heavy atom. The average molecular weight is 205 g/mol. The molecule has 0 amide bonds. The van der Waals surface area contributed by atoms with Crippen molar-refractivity contribution in [3.63, 3.8) is 0 Å². The van der Waals surface area contributed by atoms with Crippen molar-refractivity contribution in [1.29, 1.82) is 0 Å². The van der Waals surface area contributed by atoms with Crippen molar-refractivity contribution in [2.45, 2.75) is 13.3 Å². The van der Waals surface area contributed by atoms with Crippen molar-refractivity contribution in [2.24, 2.45) is 0 Å². The van der Waals surface area contributed by atoms with Gasteiger partial charge in [-0.25, -0.2) is 0 Å². The largest absolute Gasteiger partial charge is 0.508 e. The first-order chi connectivity index (χ1) is 7.08. The molecule has 0 saturated carbocycles. The molecule has 0 aliphatic carbocycles. The maximum absolute atomic E-state index is 10.7. The number of carbonyl (C=O) groups is 1. The van der Waals surface area contributed by atoms with E-state index in [2.05, 4.69) is 4.98 Å². The molecule has 0 saturated heterocycles. The molecule has 0 bridgehead atoms. The zero-order valence-corrected chi connectivity index (χ0v) is 8.24. The molecule has 3 N–H and O–H groups in total. The van der Waals surface area contributed by atoms with E-state index in [0.29, 0.717) is 5.56 Å². The van der Waals surface area contributed by atoms with Gasteiger partial charge in [-0.3, -0.25) is 4.79 Å². The predicted octanol–water partition coefficient (Wildman–Crippen LogP) is 1.81. The zero-order chi connectivity index (χ0) is 11.0. The summed E-state index contributed by atoms with van der Waals surface area (Å²) < 4.78 is 0. The van der Waals surface area contributed by atoms with Crippen LogP contribution in [0.2, 0.25) is 0 Å². The molecule has 0 aliphatic rings. The summed E-state index contributed by atoms with van der Waals surface area (Å²) in [6.07, 6.45) is -0.166. The zero-order valence-electron chi connectivity index (χ0n) is 8.24. The molecule has 0 fully saturated rings. The van der Waals surface area contributed by atoms with Gasteiger partial charge in [0, 0.05) is 22.2 Å². The molecule has 1 heterocycles. The van der Waals surface area contributed by atoms with Crippen molar-refractivity contribution < 1.29 is 15.0 Å². The van der Waals surface area contributed by atoms with Crippen molar-refractivity contribution >= 4 is 16.9 Å². The Morgan fingerprint density at radius 3 is 2.87 bits per heavy atom. The number of nitrogens with one attached hydrogen (secondary N) is 1. The Kier molecular flexibility index (Phi) is 2.11. The standard InChI is InChI=1S/C11H11NO3/c1-6-4-7-8(5-11(14)15)10(13)3-2-9(7)12-6/h2-4,12-13H,5H2,1H3,(H,14,15). The number of phenolic OH excluding ortho intramolecular Hbond substituents is 1. The number of fused-ring (bicyclic) bond motifs is 1. The number of benzene rings is 1. The van der Waals surface area contributed by atoms with E-state index in [1.54, 1.807) is 6.07 Å². The lowest BCUT2D eigenvalue weighted by Crippen LogP contribution is -2.00. The van der Waals surface area contributed by atoms with Gasteiger partial charge >= 0.3 is 5.97 Å². The smallest absolute Gasteiger partial charge is 0.307 e. The van der Waals surface area contributed by atoms with E-state index < -0.39 is 5.97 Å². The van der Waals surface area contributed by atoms with Crippen molar-refractivity contribution in [3.05, 3.63) is 29.5 Å². The third-order valence-corrected chi connectivity index (χ3v) is 2.35. The van der Waals surface area contributed by atoms with Crippen LogP contribution >= 0.6 is 0 Å². The highest BCUT2D eigenvalue weighted by Crippen LogP contribution is 2.28. The van der Waals surface area contributed by atoms with Crippen LogP contribution in [0.5, 0.6) is 5.75 Å². The second-order valence-corrected chi connectivity index (χ2v) is 3.55. The van der Waals surface area contributed by atoms with Gasteiger partial charge in [0.2, 0.25) is 0 Å². The summed E-state index contributed by atoms with van der Waals surface area (Å²) >= 11 is 0. The Labute approximate surface area is 86.2 Å². The Morgan fingerprint density at radius 2 is 2.20 bits per heavy atom. The molecule has 78 valence electrons. The third-order valence-electron chi connectivity index (χ3n) is 2.35. The number of rotatable bonds is 2. The number of aryl methyl sites for hydroxylation is 1. The van der Waals surface area contributed by atoms with E-state index in [-0.39, 0.29) is 12.2 Å². The molecule has 0 atom stereocenters. The van der Waals surface area contributed by atoms with Crippen LogP contribution in [0, 0.1) is 6.92 Å². The number of aromatic amines is 1. The minimum Gasteiger partial charge on any atom is -0.508 e. The number of carboxylic acids is 1. The molecule has 0 radical (unpaired) electrons. The number of H-pyrrole nitrogens is 1. The highest BCUT2D eigenvalue weighted by atomic mass is 16.4. The molecule has 15 heavy (non-hydrogen) atoms. The number of carboxylic acid groups (broad SMARTS) is 1. The molecule has 2 rings (SSSR count). The Hall–Kier alpha value is -1.97. The number of phenols is 1. The first-order valence-corrected chi connectivity index (χ1v) is 4.60. The number of aromatic hydroxyl groups is 1. The first kappa shape index (κ1) is 9.58. The monoisotopic (exact) mass is 205 g/mol. The second-order valence-electron chi connectivity index (χ2n) is 3.55. The van der Waals surface area contributed by atoms with Crippen LogP contribution in [0.4, 0.5) is 0 Å². The van der Waals surface area contributed by atoms with E-state index in [0.717, 1.165) is 16.6 Å². The van der Waals surface area contributed by atoms with Gasteiger partial charge in [-0.15, -0.1) is 0 Å². The van der Waals surface area contributed by atoms with E-state index >= 15 is 0 Å². The van der Waals surface area contributed by atoms with Gasteiger partial charge in [0.05, 0.1) is 6.42 Å². The van der Waals surface area contributed by atoms with Crippen molar-refractivity contribution in [1.82, 2.24) is 4.98 Å². The molecular weight excluding hydrogens is 194 g/mol. The summed E-state index contributed by atoms with van der Waals surface area (Å²) in [7, 11) is 0. The number of aliphatic carboxylic acids is 1. The third kappa shape index (κ3) is 1.66. The topological polar surface area (TPSA) is 73.3 Å². The van der Waals surface area contributed by atoms with Crippen LogP contribution in [0.15, 0.2) is 18.2 Å². The minimum atomic E-state index is -0.948.